The molecule has 2 N–H and O–H groups in total. The highest BCUT2D eigenvalue weighted by Crippen LogP contribution is 2.51. The van der Waals surface area contributed by atoms with E-state index in [0.29, 0.717) is 6.61 Å². The Kier molecular flexibility index (Phi) is 3.79. The molecule has 3 rings (SSSR count). The van der Waals surface area contributed by atoms with E-state index >= 15 is 0 Å². The molecule has 0 saturated heterocycles. The van der Waals surface area contributed by atoms with Gasteiger partial charge in [-0.1, -0.05) is 24.6 Å². The number of rotatable bonds is 5. The molecular formula is C17H25NO. The number of hydrogen-bond donors (Lipinski definition) is 1. The molecular weight excluding hydrogens is 234 g/mol. The van der Waals surface area contributed by atoms with Crippen LogP contribution in [0.1, 0.15) is 50.6 Å². The largest absolute Gasteiger partial charge is 0.494 e. The molecule has 1 aromatic carbocycles. The van der Waals surface area contributed by atoms with Crippen LogP contribution in [0, 0.1) is 17.8 Å². The zero-order valence-corrected chi connectivity index (χ0v) is 11.8. The Morgan fingerprint density at radius 1 is 1.26 bits per heavy atom. The average Bonchev–Trinajstić information content (AvgIpc) is 3.02. The standard InChI is InChI=1S/C17H25NO/c1-2-19-17-6-4-3-5-15(17)16(18)11-14-10-12-7-8-13(14)9-12/h3-6,12-14,16H,2,7-11,18H2,1H3. The fourth-order valence-electron chi connectivity index (χ4n) is 4.19. The van der Waals surface area contributed by atoms with Crippen LogP contribution in [0.4, 0.5) is 0 Å². The third-order valence-electron chi connectivity index (χ3n) is 5.06. The van der Waals surface area contributed by atoms with Gasteiger partial charge in [0.25, 0.3) is 0 Å². The number of para-hydroxylation sites is 1. The van der Waals surface area contributed by atoms with Gasteiger partial charge in [-0.15, -0.1) is 0 Å². The third kappa shape index (κ3) is 2.64. The first kappa shape index (κ1) is 13.0. The van der Waals surface area contributed by atoms with Gasteiger partial charge in [0.1, 0.15) is 5.75 Å². The molecule has 0 aliphatic heterocycles. The first-order chi connectivity index (χ1) is 9.28. The highest BCUT2D eigenvalue weighted by molar-refractivity contribution is 5.35. The van der Waals surface area contributed by atoms with Gasteiger partial charge in [0.15, 0.2) is 0 Å². The van der Waals surface area contributed by atoms with Gasteiger partial charge in [0.05, 0.1) is 6.61 Å². The molecule has 2 aliphatic rings. The molecule has 0 radical (unpaired) electrons. The van der Waals surface area contributed by atoms with Gasteiger partial charge in [0, 0.05) is 11.6 Å². The van der Waals surface area contributed by atoms with Gasteiger partial charge in [-0.05, 0) is 56.4 Å². The van der Waals surface area contributed by atoms with Crippen LogP contribution < -0.4 is 10.5 Å². The van der Waals surface area contributed by atoms with Crippen molar-refractivity contribution < 1.29 is 4.74 Å². The van der Waals surface area contributed by atoms with E-state index in [0.717, 1.165) is 29.9 Å². The molecule has 2 nitrogen and oxygen atoms in total. The van der Waals surface area contributed by atoms with Gasteiger partial charge in [0.2, 0.25) is 0 Å². The Morgan fingerprint density at radius 3 is 2.79 bits per heavy atom. The topological polar surface area (TPSA) is 35.2 Å². The minimum absolute atomic E-state index is 0.132. The summed E-state index contributed by atoms with van der Waals surface area (Å²) in [5.74, 6) is 3.78. The first-order valence-electron chi connectivity index (χ1n) is 7.75. The fourth-order valence-corrected chi connectivity index (χ4v) is 4.19. The van der Waals surface area contributed by atoms with Crippen molar-refractivity contribution in [3.8, 4) is 5.75 Å². The van der Waals surface area contributed by atoms with E-state index < -0.39 is 0 Å². The summed E-state index contributed by atoms with van der Waals surface area (Å²) in [6.07, 6.45) is 6.91. The third-order valence-corrected chi connectivity index (χ3v) is 5.06. The van der Waals surface area contributed by atoms with Crippen molar-refractivity contribution in [3.63, 3.8) is 0 Å². The minimum atomic E-state index is 0.132. The Bertz CT molecular complexity index is 431. The number of ether oxygens (including phenoxy) is 1. The second-order valence-electron chi connectivity index (χ2n) is 6.25. The lowest BCUT2D eigenvalue weighted by atomic mass is 9.83. The minimum Gasteiger partial charge on any atom is -0.494 e. The number of nitrogens with two attached hydrogens (primary N) is 1. The molecule has 4 atom stereocenters. The molecule has 4 unspecified atom stereocenters. The lowest BCUT2D eigenvalue weighted by Gasteiger charge is -2.25. The maximum atomic E-state index is 6.46. The van der Waals surface area contributed by atoms with Gasteiger partial charge in [-0.25, -0.2) is 0 Å². The summed E-state index contributed by atoms with van der Waals surface area (Å²) in [5.41, 5.74) is 7.64. The SMILES string of the molecule is CCOc1ccccc1C(N)CC1CC2CCC1C2. The van der Waals surface area contributed by atoms with E-state index in [1.807, 2.05) is 19.1 Å². The van der Waals surface area contributed by atoms with Crippen molar-refractivity contribution in [2.75, 3.05) is 6.61 Å². The lowest BCUT2D eigenvalue weighted by Crippen LogP contribution is -2.20. The molecule has 2 aliphatic carbocycles. The maximum Gasteiger partial charge on any atom is 0.124 e. The normalized spacial score (nSPS) is 30.5. The van der Waals surface area contributed by atoms with E-state index in [4.69, 9.17) is 10.5 Å². The molecule has 2 heteroatoms. The number of benzene rings is 1. The molecule has 2 fully saturated rings. The van der Waals surface area contributed by atoms with E-state index in [1.165, 1.54) is 31.2 Å². The smallest absolute Gasteiger partial charge is 0.124 e. The first-order valence-corrected chi connectivity index (χ1v) is 7.75. The summed E-state index contributed by atoms with van der Waals surface area (Å²) < 4.78 is 5.70. The van der Waals surface area contributed by atoms with Crippen molar-refractivity contribution in [2.45, 2.75) is 45.1 Å². The summed E-state index contributed by atoms with van der Waals surface area (Å²) in [4.78, 5) is 0. The van der Waals surface area contributed by atoms with E-state index in [1.54, 1.807) is 0 Å². The van der Waals surface area contributed by atoms with Crippen molar-refractivity contribution in [1.29, 1.82) is 0 Å². The summed E-state index contributed by atoms with van der Waals surface area (Å²) >= 11 is 0. The summed E-state index contributed by atoms with van der Waals surface area (Å²) in [6, 6.07) is 8.40. The zero-order chi connectivity index (χ0) is 13.2. The summed E-state index contributed by atoms with van der Waals surface area (Å²) in [7, 11) is 0. The van der Waals surface area contributed by atoms with Crippen molar-refractivity contribution in [1.82, 2.24) is 0 Å². The number of fused-ring (bicyclic) bond motifs is 2. The van der Waals surface area contributed by atoms with Gasteiger partial charge < -0.3 is 10.5 Å². The molecule has 2 bridgehead atoms. The molecule has 0 heterocycles. The predicted molar refractivity (Wildman–Crippen MR) is 78.1 cm³/mol. The fraction of sp³-hybridized carbons (Fsp3) is 0.647. The van der Waals surface area contributed by atoms with Crippen molar-refractivity contribution in [3.05, 3.63) is 29.8 Å². The van der Waals surface area contributed by atoms with Crippen LogP contribution in [0.3, 0.4) is 0 Å². The van der Waals surface area contributed by atoms with Gasteiger partial charge >= 0.3 is 0 Å². The Balaban J connectivity index is 1.68. The molecule has 19 heavy (non-hydrogen) atoms. The van der Waals surface area contributed by atoms with Crippen molar-refractivity contribution >= 4 is 0 Å². The van der Waals surface area contributed by atoms with Crippen LogP contribution >= 0.6 is 0 Å². The van der Waals surface area contributed by atoms with Crippen LogP contribution in [-0.2, 0) is 0 Å². The molecule has 0 aromatic heterocycles. The summed E-state index contributed by atoms with van der Waals surface area (Å²) in [5, 5.41) is 0. The predicted octanol–water partition coefficient (Wildman–Crippen LogP) is 3.91. The van der Waals surface area contributed by atoms with Crippen LogP contribution in [-0.4, -0.2) is 6.61 Å². The quantitative estimate of drug-likeness (QED) is 0.870. The molecule has 2 saturated carbocycles. The van der Waals surface area contributed by atoms with Crippen LogP contribution in [0.5, 0.6) is 5.75 Å². The van der Waals surface area contributed by atoms with Gasteiger partial charge in [-0.3, -0.25) is 0 Å². The molecule has 1 aromatic rings. The monoisotopic (exact) mass is 259 g/mol. The second kappa shape index (κ2) is 5.54. The highest BCUT2D eigenvalue weighted by Gasteiger charge is 2.40. The van der Waals surface area contributed by atoms with Gasteiger partial charge in [-0.2, -0.15) is 0 Å². The van der Waals surface area contributed by atoms with Crippen molar-refractivity contribution in [2.24, 2.45) is 23.5 Å². The Hall–Kier alpha value is -1.02. The van der Waals surface area contributed by atoms with E-state index in [-0.39, 0.29) is 6.04 Å². The maximum absolute atomic E-state index is 6.46. The average molecular weight is 259 g/mol. The molecule has 104 valence electrons. The Morgan fingerprint density at radius 2 is 2.11 bits per heavy atom. The second-order valence-corrected chi connectivity index (χ2v) is 6.25. The highest BCUT2D eigenvalue weighted by atomic mass is 16.5. The molecule has 0 spiro atoms. The molecule has 0 amide bonds. The zero-order valence-electron chi connectivity index (χ0n) is 11.8. The van der Waals surface area contributed by atoms with E-state index in [2.05, 4.69) is 12.1 Å². The van der Waals surface area contributed by atoms with Crippen LogP contribution in [0.25, 0.3) is 0 Å². The number of hydrogen-bond acceptors (Lipinski definition) is 2. The summed E-state index contributed by atoms with van der Waals surface area (Å²) in [6.45, 7) is 2.73. The van der Waals surface area contributed by atoms with Crippen LogP contribution in [0.15, 0.2) is 24.3 Å². The van der Waals surface area contributed by atoms with E-state index in [9.17, 15) is 0 Å². The lowest BCUT2D eigenvalue weighted by molar-refractivity contribution is 0.289. The Labute approximate surface area is 116 Å². The van der Waals surface area contributed by atoms with Crippen LogP contribution in [0.2, 0.25) is 0 Å².